The van der Waals surface area contributed by atoms with Crippen LogP contribution in [0.3, 0.4) is 0 Å². The maximum absolute atomic E-state index is 5.99. The molecule has 1 aliphatic heterocycles. The van der Waals surface area contributed by atoms with E-state index in [1.54, 1.807) is 0 Å². The molecule has 1 aromatic carbocycles. The SMILES string of the molecule is Cc1cccc(CCN)c1OCCN1CCCC1. The van der Waals surface area contributed by atoms with Crippen molar-refractivity contribution in [1.82, 2.24) is 4.90 Å². The number of nitrogens with two attached hydrogens (primary N) is 1. The van der Waals surface area contributed by atoms with Crippen molar-refractivity contribution in [2.24, 2.45) is 5.73 Å². The molecule has 0 atom stereocenters. The van der Waals surface area contributed by atoms with Gasteiger partial charge in [-0.3, -0.25) is 4.90 Å². The molecular formula is C15H24N2O. The Balaban J connectivity index is 1.90. The van der Waals surface area contributed by atoms with Gasteiger partial charge in [0.2, 0.25) is 0 Å². The molecule has 1 aliphatic rings. The number of ether oxygens (including phenoxy) is 1. The van der Waals surface area contributed by atoms with Crippen molar-refractivity contribution in [1.29, 1.82) is 0 Å². The van der Waals surface area contributed by atoms with E-state index in [9.17, 15) is 0 Å². The molecule has 1 heterocycles. The first-order valence-electron chi connectivity index (χ1n) is 6.95. The van der Waals surface area contributed by atoms with E-state index in [-0.39, 0.29) is 0 Å². The van der Waals surface area contributed by atoms with Crippen molar-refractivity contribution in [2.75, 3.05) is 32.8 Å². The second kappa shape index (κ2) is 6.76. The van der Waals surface area contributed by atoms with E-state index in [0.717, 1.165) is 25.3 Å². The fraction of sp³-hybridized carbons (Fsp3) is 0.600. The van der Waals surface area contributed by atoms with Gasteiger partial charge in [-0.25, -0.2) is 0 Å². The lowest BCUT2D eigenvalue weighted by atomic mass is 10.1. The zero-order chi connectivity index (χ0) is 12.8. The first-order chi connectivity index (χ1) is 8.81. The van der Waals surface area contributed by atoms with E-state index in [2.05, 4.69) is 30.0 Å². The summed E-state index contributed by atoms with van der Waals surface area (Å²) in [5.74, 6) is 1.04. The molecule has 2 N–H and O–H groups in total. The van der Waals surface area contributed by atoms with Gasteiger partial charge in [-0.2, -0.15) is 0 Å². The molecule has 18 heavy (non-hydrogen) atoms. The van der Waals surface area contributed by atoms with Crippen molar-refractivity contribution < 1.29 is 4.74 Å². The molecule has 0 amide bonds. The Kier molecular flexibility index (Phi) is 5.02. The fourth-order valence-electron chi connectivity index (χ4n) is 2.56. The number of rotatable bonds is 6. The van der Waals surface area contributed by atoms with Crippen molar-refractivity contribution in [3.05, 3.63) is 29.3 Å². The molecule has 1 fully saturated rings. The molecule has 0 spiro atoms. The molecule has 3 nitrogen and oxygen atoms in total. The van der Waals surface area contributed by atoms with Crippen LogP contribution < -0.4 is 10.5 Å². The van der Waals surface area contributed by atoms with Crippen LogP contribution in [0.15, 0.2) is 18.2 Å². The van der Waals surface area contributed by atoms with Gasteiger partial charge in [0, 0.05) is 6.54 Å². The van der Waals surface area contributed by atoms with E-state index in [1.165, 1.54) is 37.1 Å². The zero-order valence-electron chi connectivity index (χ0n) is 11.3. The Morgan fingerprint density at radius 1 is 1.28 bits per heavy atom. The topological polar surface area (TPSA) is 38.5 Å². The van der Waals surface area contributed by atoms with Crippen molar-refractivity contribution >= 4 is 0 Å². The molecular weight excluding hydrogens is 224 g/mol. The summed E-state index contributed by atoms with van der Waals surface area (Å²) in [6.07, 6.45) is 3.56. The van der Waals surface area contributed by atoms with Gasteiger partial charge in [0.25, 0.3) is 0 Å². The molecule has 1 saturated heterocycles. The summed E-state index contributed by atoms with van der Waals surface area (Å²) in [6.45, 7) is 7.05. The minimum atomic E-state index is 0.673. The largest absolute Gasteiger partial charge is 0.492 e. The summed E-state index contributed by atoms with van der Waals surface area (Å²) in [7, 11) is 0. The maximum atomic E-state index is 5.99. The molecule has 0 aromatic heterocycles. The van der Waals surface area contributed by atoms with Gasteiger partial charge in [-0.15, -0.1) is 0 Å². The number of aryl methyl sites for hydroxylation is 1. The first-order valence-corrected chi connectivity index (χ1v) is 6.95. The third-order valence-electron chi connectivity index (χ3n) is 3.56. The Morgan fingerprint density at radius 3 is 2.78 bits per heavy atom. The molecule has 0 bridgehead atoms. The summed E-state index contributed by atoms with van der Waals surface area (Å²) in [5.41, 5.74) is 8.09. The van der Waals surface area contributed by atoms with E-state index in [0.29, 0.717) is 6.54 Å². The average molecular weight is 248 g/mol. The maximum Gasteiger partial charge on any atom is 0.125 e. The Morgan fingerprint density at radius 2 is 2.06 bits per heavy atom. The van der Waals surface area contributed by atoms with Crippen molar-refractivity contribution in [2.45, 2.75) is 26.2 Å². The van der Waals surface area contributed by atoms with Gasteiger partial charge in [0.15, 0.2) is 0 Å². The summed E-state index contributed by atoms with van der Waals surface area (Å²) in [6, 6.07) is 6.30. The van der Waals surface area contributed by atoms with Gasteiger partial charge >= 0.3 is 0 Å². The highest BCUT2D eigenvalue weighted by Crippen LogP contribution is 2.23. The molecule has 0 unspecified atom stereocenters. The van der Waals surface area contributed by atoms with Crippen LogP contribution in [0, 0.1) is 6.92 Å². The minimum Gasteiger partial charge on any atom is -0.492 e. The average Bonchev–Trinajstić information content (AvgIpc) is 2.86. The number of nitrogens with zero attached hydrogens (tertiary/aromatic N) is 1. The minimum absolute atomic E-state index is 0.673. The van der Waals surface area contributed by atoms with Gasteiger partial charge < -0.3 is 10.5 Å². The summed E-state index contributed by atoms with van der Waals surface area (Å²) in [5, 5.41) is 0. The number of hydrogen-bond acceptors (Lipinski definition) is 3. The highest BCUT2D eigenvalue weighted by atomic mass is 16.5. The smallest absolute Gasteiger partial charge is 0.125 e. The molecule has 0 saturated carbocycles. The molecule has 1 aromatic rings. The van der Waals surface area contributed by atoms with Gasteiger partial charge in [-0.1, -0.05) is 18.2 Å². The lowest BCUT2D eigenvalue weighted by Crippen LogP contribution is -2.25. The van der Waals surface area contributed by atoms with E-state index in [4.69, 9.17) is 10.5 Å². The third kappa shape index (κ3) is 3.47. The summed E-state index contributed by atoms with van der Waals surface area (Å²) < 4.78 is 5.99. The Bertz CT molecular complexity index is 373. The number of benzene rings is 1. The van der Waals surface area contributed by atoms with Gasteiger partial charge in [0.05, 0.1) is 0 Å². The monoisotopic (exact) mass is 248 g/mol. The Labute approximate surface area is 110 Å². The first kappa shape index (κ1) is 13.4. The number of para-hydroxylation sites is 1. The van der Waals surface area contributed by atoms with Crippen LogP contribution in [0.4, 0.5) is 0 Å². The zero-order valence-corrected chi connectivity index (χ0v) is 11.3. The summed E-state index contributed by atoms with van der Waals surface area (Å²) >= 11 is 0. The van der Waals surface area contributed by atoms with Crippen LogP contribution in [0.1, 0.15) is 24.0 Å². The summed E-state index contributed by atoms with van der Waals surface area (Å²) in [4.78, 5) is 2.47. The lowest BCUT2D eigenvalue weighted by Gasteiger charge is -2.17. The van der Waals surface area contributed by atoms with Crippen LogP contribution in [0.5, 0.6) is 5.75 Å². The van der Waals surface area contributed by atoms with Crippen LogP contribution in [-0.2, 0) is 6.42 Å². The quantitative estimate of drug-likeness (QED) is 0.836. The standard InChI is InChI=1S/C15H24N2O/c1-13-5-4-6-14(7-8-16)15(13)18-12-11-17-9-2-3-10-17/h4-6H,2-3,7-12,16H2,1H3. The van der Waals surface area contributed by atoms with Crippen molar-refractivity contribution in [3.63, 3.8) is 0 Å². The molecule has 0 aliphatic carbocycles. The molecule has 100 valence electrons. The van der Waals surface area contributed by atoms with Crippen LogP contribution in [0.2, 0.25) is 0 Å². The Hall–Kier alpha value is -1.06. The van der Waals surface area contributed by atoms with E-state index >= 15 is 0 Å². The predicted octanol–water partition coefficient (Wildman–Crippen LogP) is 1.97. The lowest BCUT2D eigenvalue weighted by molar-refractivity contribution is 0.235. The fourth-order valence-corrected chi connectivity index (χ4v) is 2.56. The number of likely N-dealkylation sites (tertiary alicyclic amines) is 1. The van der Waals surface area contributed by atoms with Crippen LogP contribution in [0.25, 0.3) is 0 Å². The highest BCUT2D eigenvalue weighted by molar-refractivity contribution is 5.40. The second-order valence-electron chi connectivity index (χ2n) is 5.00. The second-order valence-corrected chi connectivity index (χ2v) is 5.00. The van der Waals surface area contributed by atoms with E-state index < -0.39 is 0 Å². The molecule has 3 heteroatoms. The normalized spacial score (nSPS) is 16.1. The highest BCUT2D eigenvalue weighted by Gasteiger charge is 2.12. The predicted molar refractivity (Wildman–Crippen MR) is 75.1 cm³/mol. The molecule has 2 rings (SSSR count). The van der Waals surface area contributed by atoms with Gasteiger partial charge in [-0.05, 0) is 56.9 Å². The third-order valence-corrected chi connectivity index (χ3v) is 3.56. The van der Waals surface area contributed by atoms with Crippen molar-refractivity contribution in [3.8, 4) is 5.75 Å². The van der Waals surface area contributed by atoms with Crippen LogP contribution in [-0.4, -0.2) is 37.7 Å². The van der Waals surface area contributed by atoms with E-state index in [1.807, 2.05) is 0 Å². The number of hydrogen-bond donors (Lipinski definition) is 1. The molecule has 0 radical (unpaired) electrons. The van der Waals surface area contributed by atoms with Crippen LogP contribution >= 0.6 is 0 Å². The van der Waals surface area contributed by atoms with Gasteiger partial charge in [0.1, 0.15) is 12.4 Å².